The molecule has 108 valence electrons. The van der Waals surface area contributed by atoms with Crippen LogP contribution in [0.3, 0.4) is 0 Å². The van der Waals surface area contributed by atoms with Crippen LogP contribution in [0, 0.1) is 17.8 Å². The van der Waals surface area contributed by atoms with Crippen LogP contribution in [0.2, 0.25) is 0 Å². The van der Waals surface area contributed by atoms with E-state index in [1.165, 1.54) is 51.7 Å². The highest BCUT2D eigenvalue weighted by atomic mass is 16.1. The molecule has 2 unspecified atom stereocenters. The molecule has 0 aromatic carbocycles. The maximum Gasteiger partial charge on any atom is 0.223 e. The molecule has 2 saturated carbocycles. The smallest absolute Gasteiger partial charge is 0.223 e. The molecule has 0 aromatic rings. The van der Waals surface area contributed by atoms with Crippen molar-refractivity contribution in [2.75, 3.05) is 19.6 Å². The van der Waals surface area contributed by atoms with Crippen LogP contribution in [0.4, 0.5) is 0 Å². The zero-order valence-corrected chi connectivity index (χ0v) is 12.2. The number of hydrogen-bond donors (Lipinski definition) is 1. The van der Waals surface area contributed by atoms with Crippen LogP contribution in [-0.2, 0) is 4.79 Å². The molecule has 19 heavy (non-hydrogen) atoms. The fourth-order valence-corrected chi connectivity index (χ4v) is 3.93. The van der Waals surface area contributed by atoms with Crippen molar-refractivity contribution in [2.45, 2.75) is 57.9 Å². The van der Waals surface area contributed by atoms with E-state index in [4.69, 9.17) is 0 Å². The Hall–Kier alpha value is -0.570. The zero-order valence-electron chi connectivity index (χ0n) is 12.2. The summed E-state index contributed by atoms with van der Waals surface area (Å²) in [5.74, 6) is 2.53. The molecule has 3 aliphatic rings. The number of fused-ring (bicyclic) bond motifs is 1. The first-order valence-corrected chi connectivity index (χ1v) is 8.29. The number of hydrogen-bond acceptors (Lipinski definition) is 2. The number of carbonyl (C=O) groups is 1. The monoisotopic (exact) mass is 264 g/mol. The molecular weight excluding hydrogens is 236 g/mol. The second kappa shape index (κ2) is 5.82. The minimum Gasteiger partial charge on any atom is -0.353 e. The Labute approximate surface area is 117 Å². The van der Waals surface area contributed by atoms with E-state index in [9.17, 15) is 4.79 Å². The van der Waals surface area contributed by atoms with E-state index in [1.54, 1.807) is 0 Å². The van der Waals surface area contributed by atoms with Gasteiger partial charge >= 0.3 is 0 Å². The Morgan fingerprint density at radius 2 is 1.84 bits per heavy atom. The van der Waals surface area contributed by atoms with Crippen molar-refractivity contribution in [3.8, 4) is 0 Å². The predicted molar refractivity (Wildman–Crippen MR) is 76.8 cm³/mol. The van der Waals surface area contributed by atoms with Crippen LogP contribution >= 0.6 is 0 Å². The maximum atomic E-state index is 12.2. The van der Waals surface area contributed by atoms with Gasteiger partial charge in [-0.15, -0.1) is 0 Å². The largest absolute Gasteiger partial charge is 0.353 e. The van der Waals surface area contributed by atoms with Crippen molar-refractivity contribution < 1.29 is 4.79 Å². The molecule has 1 N–H and O–H groups in total. The third kappa shape index (κ3) is 3.31. The van der Waals surface area contributed by atoms with Crippen molar-refractivity contribution in [3.05, 3.63) is 0 Å². The zero-order chi connectivity index (χ0) is 13.2. The third-order valence-corrected chi connectivity index (χ3v) is 5.38. The summed E-state index contributed by atoms with van der Waals surface area (Å²) in [4.78, 5) is 14.8. The van der Waals surface area contributed by atoms with Crippen LogP contribution < -0.4 is 5.32 Å². The fraction of sp³-hybridized carbons (Fsp3) is 0.938. The summed E-state index contributed by atoms with van der Waals surface area (Å²) in [6, 6.07) is 0.447. The first-order chi connectivity index (χ1) is 9.26. The predicted octanol–water partition coefficient (Wildman–Crippen LogP) is 2.41. The average Bonchev–Trinajstić information content (AvgIpc) is 3.04. The lowest BCUT2D eigenvalue weighted by Gasteiger charge is -2.32. The first-order valence-electron chi connectivity index (χ1n) is 8.29. The highest BCUT2D eigenvalue weighted by Gasteiger charge is 2.48. The summed E-state index contributed by atoms with van der Waals surface area (Å²) in [6.07, 6.45) is 8.63. The highest BCUT2D eigenvalue weighted by Crippen LogP contribution is 2.54. The Morgan fingerprint density at radius 1 is 1.16 bits per heavy atom. The van der Waals surface area contributed by atoms with Crippen molar-refractivity contribution in [2.24, 2.45) is 17.8 Å². The third-order valence-electron chi connectivity index (χ3n) is 5.38. The second-order valence-electron chi connectivity index (χ2n) is 6.90. The van der Waals surface area contributed by atoms with Crippen LogP contribution in [0.1, 0.15) is 51.9 Å². The van der Waals surface area contributed by atoms with E-state index in [2.05, 4.69) is 17.1 Å². The van der Waals surface area contributed by atoms with Crippen molar-refractivity contribution in [1.82, 2.24) is 10.2 Å². The van der Waals surface area contributed by atoms with Gasteiger partial charge in [0.2, 0.25) is 5.91 Å². The van der Waals surface area contributed by atoms with Gasteiger partial charge in [0.15, 0.2) is 0 Å². The topological polar surface area (TPSA) is 32.3 Å². The van der Waals surface area contributed by atoms with Crippen LogP contribution in [0.25, 0.3) is 0 Å². The van der Waals surface area contributed by atoms with Crippen LogP contribution in [0.5, 0.6) is 0 Å². The van der Waals surface area contributed by atoms with Gasteiger partial charge in [0.1, 0.15) is 0 Å². The molecule has 3 rings (SSSR count). The molecular formula is C16H28N2O. The second-order valence-corrected chi connectivity index (χ2v) is 6.90. The minimum absolute atomic E-state index is 0.349. The molecule has 0 spiro atoms. The maximum absolute atomic E-state index is 12.2. The first kappa shape index (κ1) is 13.4. The van der Waals surface area contributed by atoms with Crippen molar-refractivity contribution in [3.63, 3.8) is 0 Å². The SMILES string of the molecule is CCCCN1CCC(NC(=O)C2CC3CC3C2)CC1. The van der Waals surface area contributed by atoms with E-state index >= 15 is 0 Å². The summed E-state index contributed by atoms with van der Waals surface area (Å²) >= 11 is 0. The molecule has 2 atom stereocenters. The fourth-order valence-electron chi connectivity index (χ4n) is 3.93. The Kier molecular flexibility index (Phi) is 4.11. The Bertz CT molecular complexity index is 313. The van der Waals surface area contributed by atoms with E-state index in [0.29, 0.717) is 17.9 Å². The number of unbranched alkanes of at least 4 members (excludes halogenated alkanes) is 1. The number of nitrogens with zero attached hydrogens (tertiary/aromatic N) is 1. The number of rotatable bonds is 5. The number of carbonyl (C=O) groups excluding carboxylic acids is 1. The molecule has 1 heterocycles. The lowest BCUT2D eigenvalue weighted by molar-refractivity contribution is -0.126. The number of likely N-dealkylation sites (tertiary alicyclic amines) is 1. The molecule has 2 aliphatic carbocycles. The summed E-state index contributed by atoms with van der Waals surface area (Å²) in [7, 11) is 0. The molecule has 0 bridgehead atoms. The van der Waals surface area contributed by atoms with Crippen molar-refractivity contribution >= 4 is 5.91 Å². The summed E-state index contributed by atoms with van der Waals surface area (Å²) in [5.41, 5.74) is 0. The van der Waals surface area contributed by atoms with Gasteiger partial charge in [0.25, 0.3) is 0 Å². The molecule has 1 saturated heterocycles. The van der Waals surface area contributed by atoms with E-state index in [0.717, 1.165) is 24.7 Å². The normalized spacial score (nSPS) is 35.1. The van der Waals surface area contributed by atoms with Crippen LogP contribution in [0.15, 0.2) is 0 Å². The lowest BCUT2D eigenvalue weighted by atomic mass is 9.99. The van der Waals surface area contributed by atoms with E-state index < -0.39 is 0 Å². The lowest BCUT2D eigenvalue weighted by Crippen LogP contribution is -2.46. The number of piperidine rings is 1. The van der Waals surface area contributed by atoms with Crippen LogP contribution in [-0.4, -0.2) is 36.5 Å². The van der Waals surface area contributed by atoms with Gasteiger partial charge in [-0.2, -0.15) is 0 Å². The van der Waals surface area contributed by atoms with Gasteiger partial charge in [-0.25, -0.2) is 0 Å². The average molecular weight is 264 g/mol. The van der Waals surface area contributed by atoms with Gasteiger partial charge in [0.05, 0.1) is 0 Å². The summed E-state index contributed by atoms with van der Waals surface area (Å²) in [6.45, 7) is 5.82. The molecule has 3 nitrogen and oxygen atoms in total. The molecule has 1 aliphatic heterocycles. The molecule has 3 fully saturated rings. The minimum atomic E-state index is 0.349. The van der Waals surface area contributed by atoms with Crippen molar-refractivity contribution in [1.29, 1.82) is 0 Å². The number of amides is 1. The summed E-state index contributed by atoms with van der Waals surface area (Å²) < 4.78 is 0. The standard InChI is InChI=1S/C16H28N2O/c1-2-3-6-18-7-4-15(5-8-18)17-16(19)14-10-12-9-13(12)11-14/h12-15H,2-11H2,1H3,(H,17,19). The van der Waals surface area contributed by atoms with Gasteiger partial charge in [0, 0.05) is 25.0 Å². The Morgan fingerprint density at radius 3 is 2.47 bits per heavy atom. The highest BCUT2D eigenvalue weighted by molar-refractivity contribution is 5.79. The van der Waals surface area contributed by atoms with E-state index in [1.807, 2.05) is 0 Å². The summed E-state index contributed by atoms with van der Waals surface area (Å²) in [5, 5.41) is 3.31. The molecule has 1 amide bonds. The van der Waals surface area contributed by atoms with Gasteiger partial charge in [-0.3, -0.25) is 4.79 Å². The van der Waals surface area contributed by atoms with Gasteiger partial charge in [-0.1, -0.05) is 13.3 Å². The molecule has 0 aromatic heterocycles. The quantitative estimate of drug-likeness (QED) is 0.827. The van der Waals surface area contributed by atoms with Gasteiger partial charge < -0.3 is 10.2 Å². The molecule has 0 radical (unpaired) electrons. The van der Waals surface area contributed by atoms with Gasteiger partial charge in [-0.05, 0) is 56.9 Å². The molecule has 3 heteroatoms. The van der Waals surface area contributed by atoms with E-state index in [-0.39, 0.29) is 0 Å². The number of nitrogens with one attached hydrogen (secondary N) is 1. The Balaban J connectivity index is 1.36.